The normalized spacial score (nSPS) is 10.5. The molecule has 1 aromatic heterocycles. The molecular formula is C14H13BrOS. The van der Waals surface area contributed by atoms with Crippen LogP contribution >= 0.6 is 27.3 Å². The first-order valence-corrected chi connectivity index (χ1v) is 7.25. The van der Waals surface area contributed by atoms with E-state index in [4.69, 9.17) is 0 Å². The average Bonchev–Trinajstić information content (AvgIpc) is 2.76. The highest BCUT2D eigenvalue weighted by Crippen LogP contribution is 2.22. The number of ketones is 1. The molecule has 0 unspecified atom stereocenters. The third-order valence-corrected chi connectivity index (χ3v) is 4.24. The van der Waals surface area contributed by atoms with Gasteiger partial charge in [0.15, 0.2) is 0 Å². The number of hydrogen-bond acceptors (Lipinski definition) is 2. The quantitative estimate of drug-likeness (QED) is 0.749. The van der Waals surface area contributed by atoms with E-state index in [0.29, 0.717) is 0 Å². The molecule has 2 rings (SSSR count). The van der Waals surface area contributed by atoms with Crippen molar-refractivity contribution in [2.75, 3.05) is 0 Å². The van der Waals surface area contributed by atoms with Gasteiger partial charge >= 0.3 is 0 Å². The van der Waals surface area contributed by atoms with E-state index >= 15 is 0 Å². The van der Waals surface area contributed by atoms with Gasteiger partial charge in [-0.1, -0.05) is 37.6 Å². The van der Waals surface area contributed by atoms with Gasteiger partial charge in [0.2, 0.25) is 5.78 Å². The summed E-state index contributed by atoms with van der Waals surface area (Å²) in [5.74, 6) is 0.101. The molecule has 0 bridgehead atoms. The summed E-state index contributed by atoms with van der Waals surface area (Å²) in [5, 5.41) is 1.93. The first kappa shape index (κ1) is 12.5. The SMILES string of the molecule is CCCc1ccc(C(=O)c2cc(Br)cs2)cc1. The number of carbonyl (C=O) groups is 1. The van der Waals surface area contributed by atoms with Gasteiger partial charge in [-0.15, -0.1) is 11.3 Å². The standard InChI is InChI=1S/C14H13BrOS/c1-2-3-10-4-6-11(7-5-10)14(16)13-8-12(15)9-17-13/h4-9H,2-3H2,1H3. The second kappa shape index (κ2) is 5.61. The van der Waals surface area contributed by atoms with E-state index in [2.05, 4.69) is 22.9 Å². The zero-order valence-corrected chi connectivity index (χ0v) is 12.0. The second-order valence-electron chi connectivity index (χ2n) is 3.91. The highest BCUT2D eigenvalue weighted by atomic mass is 79.9. The topological polar surface area (TPSA) is 17.1 Å². The largest absolute Gasteiger partial charge is 0.288 e. The number of carbonyl (C=O) groups excluding carboxylic acids is 1. The van der Waals surface area contributed by atoms with Gasteiger partial charge in [0, 0.05) is 15.4 Å². The molecule has 0 saturated heterocycles. The zero-order valence-electron chi connectivity index (χ0n) is 9.57. The van der Waals surface area contributed by atoms with E-state index < -0.39 is 0 Å². The third kappa shape index (κ3) is 3.05. The first-order chi connectivity index (χ1) is 8.20. The minimum atomic E-state index is 0.101. The van der Waals surface area contributed by atoms with E-state index in [1.165, 1.54) is 16.9 Å². The monoisotopic (exact) mass is 308 g/mol. The maximum atomic E-state index is 12.1. The van der Waals surface area contributed by atoms with E-state index in [1.807, 2.05) is 35.7 Å². The lowest BCUT2D eigenvalue weighted by Crippen LogP contribution is -1.98. The molecule has 2 aromatic rings. The zero-order chi connectivity index (χ0) is 12.3. The first-order valence-electron chi connectivity index (χ1n) is 5.58. The molecule has 0 radical (unpaired) electrons. The molecule has 0 spiro atoms. The molecule has 1 heterocycles. The number of benzene rings is 1. The van der Waals surface area contributed by atoms with Crippen LogP contribution < -0.4 is 0 Å². The van der Waals surface area contributed by atoms with Crippen LogP contribution in [0.4, 0.5) is 0 Å². The number of rotatable bonds is 4. The summed E-state index contributed by atoms with van der Waals surface area (Å²) in [4.78, 5) is 12.9. The van der Waals surface area contributed by atoms with Gasteiger partial charge in [-0.05, 0) is 34.0 Å². The minimum Gasteiger partial charge on any atom is -0.288 e. The van der Waals surface area contributed by atoms with Crippen molar-refractivity contribution < 1.29 is 4.79 Å². The van der Waals surface area contributed by atoms with Crippen LogP contribution in [0.2, 0.25) is 0 Å². The molecule has 0 amide bonds. The Balaban J connectivity index is 2.20. The fourth-order valence-electron chi connectivity index (χ4n) is 1.69. The number of thiophene rings is 1. The summed E-state index contributed by atoms with van der Waals surface area (Å²) in [5.41, 5.74) is 2.05. The number of aryl methyl sites for hydroxylation is 1. The van der Waals surface area contributed by atoms with E-state index in [-0.39, 0.29) is 5.78 Å². The van der Waals surface area contributed by atoms with Gasteiger partial charge in [0.05, 0.1) is 4.88 Å². The van der Waals surface area contributed by atoms with Crippen LogP contribution in [0.3, 0.4) is 0 Å². The van der Waals surface area contributed by atoms with Crippen molar-refractivity contribution in [1.29, 1.82) is 0 Å². The van der Waals surface area contributed by atoms with Gasteiger partial charge in [-0.2, -0.15) is 0 Å². The maximum absolute atomic E-state index is 12.1. The van der Waals surface area contributed by atoms with Crippen LogP contribution in [-0.4, -0.2) is 5.78 Å². The molecule has 0 aliphatic carbocycles. The molecular weight excluding hydrogens is 296 g/mol. The van der Waals surface area contributed by atoms with Crippen LogP contribution in [0.25, 0.3) is 0 Å². The van der Waals surface area contributed by atoms with Gasteiger partial charge in [-0.3, -0.25) is 4.79 Å². The van der Waals surface area contributed by atoms with Gasteiger partial charge in [0.25, 0.3) is 0 Å². The number of halogens is 1. The minimum absolute atomic E-state index is 0.101. The van der Waals surface area contributed by atoms with Gasteiger partial charge in [-0.25, -0.2) is 0 Å². The molecule has 1 aromatic carbocycles. The summed E-state index contributed by atoms with van der Waals surface area (Å²) in [6.07, 6.45) is 2.20. The highest BCUT2D eigenvalue weighted by Gasteiger charge is 2.10. The molecule has 17 heavy (non-hydrogen) atoms. The van der Waals surface area contributed by atoms with Gasteiger partial charge in [0.1, 0.15) is 0 Å². The van der Waals surface area contributed by atoms with Crippen molar-refractivity contribution >= 4 is 33.0 Å². The molecule has 1 nitrogen and oxygen atoms in total. The van der Waals surface area contributed by atoms with Crippen LogP contribution in [0.5, 0.6) is 0 Å². The Labute approximate surface area is 114 Å². The fourth-order valence-corrected chi connectivity index (χ4v) is 3.07. The molecule has 0 fully saturated rings. The second-order valence-corrected chi connectivity index (χ2v) is 5.73. The average molecular weight is 309 g/mol. The van der Waals surface area contributed by atoms with Crippen molar-refractivity contribution in [2.24, 2.45) is 0 Å². The summed E-state index contributed by atoms with van der Waals surface area (Å²) in [6.45, 7) is 2.15. The Morgan fingerprint density at radius 1 is 1.29 bits per heavy atom. The molecule has 3 heteroatoms. The van der Waals surface area contributed by atoms with Crippen LogP contribution in [-0.2, 0) is 6.42 Å². The summed E-state index contributed by atoms with van der Waals surface area (Å²) in [6, 6.07) is 9.79. The molecule has 0 saturated carbocycles. The molecule has 88 valence electrons. The Hall–Kier alpha value is -0.930. The Kier molecular flexibility index (Phi) is 4.13. The van der Waals surface area contributed by atoms with Crippen LogP contribution in [0.15, 0.2) is 40.2 Å². The van der Waals surface area contributed by atoms with Crippen molar-refractivity contribution in [3.63, 3.8) is 0 Å². The Bertz CT molecular complexity index is 513. The Morgan fingerprint density at radius 3 is 2.53 bits per heavy atom. The smallest absolute Gasteiger partial charge is 0.202 e. The number of hydrogen-bond donors (Lipinski definition) is 0. The predicted octanol–water partition coefficient (Wildman–Crippen LogP) is 4.69. The summed E-state index contributed by atoms with van der Waals surface area (Å²) >= 11 is 4.83. The lowest BCUT2D eigenvalue weighted by atomic mass is 10.0. The van der Waals surface area contributed by atoms with Crippen LogP contribution in [0.1, 0.15) is 34.1 Å². The Morgan fingerprint density at radius 2 is 2.00 bits per heavy atom. The maximum Gasteiger partial charge on any atom is 0.202 e. The molecule has 0 aliphatic heterocycles. The highest BCUT2D eigenvalue weighted by molar-refractivity contribution is 9.10. The molecule has 0 atom stereocenters. The third-order valence-electron chi connectivity index (χ3n) is 2.55. The lowest BCUT2D eigenvalue weighted by Gasteiger charge is -2.01. The van der Waals surface area contributed by atoms with Crippen molar-refractivity contribution in [2.45, 2.75) is 19.8 Å². The van der Waals surface area contributed by atoms with Crippen LogP contribution in [0, 0.1) is 0 Å². The van der Waals surface area contributed by atoms with Crippen molar-refractivity contribution in [3.8, 4) is 0 Å². The van der Waals surface area contributed by atoms with E-state index in [1.54, 1.807) is 0 Å². The van der Waals surface area contributed by atoms with E-state index in [0.717, 1.165) is 27.8 Å². The summed E-state index contributed by atoms with van der Waals surface area (Å²) < 4.78 is 0.966. The molecule has 0 aliphatic rings. The predicted molar refractivity (Wildman–Crippen MR) is 75.9 cm³/mol. The molecule has 0 N–H and O–H groups in total. The lowest BCUT2D eigenvalue weighted by molar-refractivity contribution is 0.104. The summed E-state index contributed by atoms with van der Waals surface area (Å²) in [7, 11) is 0. The van der Waals surface area contributed by atoms with E-state index in [9.17, 15) is 4.79 Å². The van der Waals surface area contributed by atoms with Crippen molar-refractivity contribution in [3.05, 3.63) is 56.2 Å². The fraction of sp³-hybridized carbons (Fsp3) is 0.214. The van der Waals surface area contributed by atoms with Gasteiger partial charge < -0.3 is 0 Å². The van der Waals surface area contributed by atoms with Crippen molar-refractivity contribution in [1.82, 2.24) is 0 Å².